The molecule has 16 heavy (non-hydrogen) atoms. The van der Waals surface area contributed by atoms with Gasteiger partial charge in [-0.1, -0.05) is 46.0 Å². The van der Waals surface area contributed by atoms with Gasteiger partial charge >= 0.3 is 5.97 Å². The molecule has 3 nitrogen and oxygen atoms in total. The van der Waals surface area contributed by atoms with Gasteiger partial charge in [-0.3, -0.25) is 4.79 Å². The molecule has 0 bridgehead atoms. The maximum absolute atomic E-state index is 10.6. The van der Waals surface area contributed by atoms with E-state index in [1.54, 1.807) is 0 Å². The Kier molecular flexibility index (Phi) is 9.30. The van der Waals surface area contributed by atoms with Crippen LogP contribution in [0.25, 0.3) is 0 Å². The summed E-state index contributed by atoms with van der Waals surface area (Å²) in [6.07, 6.45) is 7.88. The third-order valence-electron chi connectivity index (χ3n) is 3.17. The average molecular weight is 229 g/mol. The van der Waals surface area contributed by atoms with Crippen LogP contribution < -0.4 is 5.32 Å². The van der Waals surface area contributed by atoms with Crippen molar-refractivity contribution in [1.29, 1.82) is 0 Å². The first kappa shape index (κ1) is 15.4. The van der Waals surface area contributed by atoms with E-state index < -0.39 is 5.97 Å². The molecular formula is C13H27NO2. The van der Waals surface area contributed by atoms with E-state index in [2.05, 4.69) is 5.32 Å². The predicted molar refractivity (Wildman–Crippen MR) is 67.6 cm³/mol. The normalized spacial score (nSPS) is 18.4. The maximum atomic E-state index is 10.6. The summed E-state index contributed by atoms with van der Waals surface area (Å²) in [6.45, 7) is 4.00. The zero-order chi connectivity index (χ0) is 12.4. The molecule has 1 fully saturated rings. The van der Waals surface area contributed by atoms with Gasteiger partial charge in [0.2, 0.25) is 0 Å². The second kappa shape index (κ2) is 9.64. The van der Waals surface area contributed by atoms with Crippen LogP contribution >= 0.6 is 0 Å². The summed E-state index contributed by atoms with van der Waals surface area (Å²) in [7, 11) is 1.86. The van der Waals surface area contributed by atoms with E-state index in [0.29, 0.717) is 0 Å². The molecule has 3 heteroatoms. The molecule has 1 atom stereocenters. The quantitative estimate of drug-likeness (QED) is 0.761. The van der Waals surface area contributed by atoms with E-state index in [0.717, 1.165) is 12.3 Å². The van der Waals surface area contributed by atoms with Crippen molar-refractivity contribution >= 4 is 5.97 Å². The predicted octanol–water partition coefficient (Wildman–Crippen LogP) is 3.05. The van der Waals surface area contributed by atoms with Gasteiger partial charge in [-0.15, -0.1) is 0 Å². The molecule has 1 saturated carbocycles. The van der Waals surface area contributed by atoms with E-state index in [4.69, 9.17) is 5.11 Å². The average Bonchev–Trinajstić information content (AvgIpc) is 2.31. The molecule has 0 aromatic heterocycles. The van der Waals surface area contributed by atoms with Gasteiger partial charge in [0, 0.05) is 6.04 Å². The Hall–Kier alpha value is -0.570. The summed E-state index contributed by atoms with van der Waals surface area (Å²) in [5, 5.41) is 11.8. The van der Waals surface area contributed by atoms with Gasteiger partial charge in [-0.2, -0.15) is 0 Å². The molecule has 1 aliphatic carbocycles. The fraction of sp³-hybridized carbons (Fsp3) is 0.923. The number of carbonyl (C=O) groups is 1. The summed E-state index contributed by atoms with van der Waals surface area (Å²) in [6, 6.07) is 0.163. The maximum Gasteiger partial charge on any atom is 0.304 e. The first-order chi connectivity index (χ1) is 7.72. The highest BCUT2D eigenvalue weighted by molar-refractivity contribution is 5.67. The largest absolute Gasteiger partial charge is 0.481 e. The molecule has 0 saturated heterocycles. The smallest absolute Gasteiger partial charge is 0.304 e. The van der Waals surface area contributed by atoms with Crippen molar-refractivity contribution in [3.8, 4) is 0 Å². The molecule has 0 spiro atoms. The number of hydrogen-bond acceptors (Lipinski definition) is 2. The Morgan fingerprint density at radius 1 is 1.31 bits per heavy atom. The van der Waals surface area contributed by atoms with Crippen LogP contribution in [-0.4, -0.2) is 24.2 Å². The Morgan fingerprint density at radius 2 is 1.88 bits per heavy atom. The molecule has 0 amide bonds. The monoisotopic (exact) mass is 229 g/mol. The van der Waals surface area contributed by atoms with Gasteiger partial charge < -0.3 is 10.4 Å². The van der Waals surface area contributed by atoms with Crippen LogP contribution in [0.1, 0.15) is 58.8 Å². The zero-order valence-electron chi connectivity index (χ0n) is 11.0. The van der Waals surface area contributed by atoms with Crippen molar-refractivity contribution in [2.45, 2.75) is 64.8 Å². The lowest BCUT2D eigenvalue weighted by Crippen LogP contribution is -2.30. The molecule has 0 aromatic rings. The van der Waals surface area contributed by atoms with Crippen molar-refractivity contribution in [2.24, 2.45) is 5.92 Å². The van der Waals surface area contributed by atoms with Gasteiger partial charge in [0.15, 0.2) is 0 Å². The van der Waals surface area contributed by atoms with E-state index in [-0.39, 0.29) is 12.5 Å². The fourth-order valence-corrected chi connectivity index (χ4v) is 2.34. The van der Waals surface area contributed by atoms with Gasteiger partial charge in [-0.05, 0) is 19.4 Å². The lowest BCUT2D eigenvalue weighted by Gasteiger charge is -2.25. The highest BCUT2D eigenvalue weighted by atomic mass is 16.4. The van der Waals surface area contributed by atoms with E-state index in [1.165, 1.54) is 32.1 Å². The molecule has 0 aromatic carbocycles. The van der Waals surface area contributed by atoms with E-state index in [9.17, 15) is 4.79 Å². The first-order valence-corrected chi connectivity index (χ1v) is 6.61. The lowest BCUT2D eigenvalue weighted by molar-refractivity contribution is -0.137. The SMILES string of the molecule is CC.CNC(CC(=O)O)CC1CCCCC1. The highest BCUT2D eigenvalue weighted by Gasteiger charge is 2.19. The van der Waals surface area contributed by atoms with Crippen molar-refractivity contribution in [2.75, 3.05) is 7.05 Å². The van der Waals surface area contributed by atoms with Crippen LogP contribution in [0.5, 0.6) is 0 Å². The minimum Gasteiger partial charge on any atom is -0.481 e. The molecule has 96 valence electrons. The second-order valence-electron chi connectivity index (χ2n) is 4.32. The third kappa shape index (κ3) is 6.83. The summed E-state index contributed by atoms with van der Waals surface area (Å²) in [4.78, 5) is 10.6. The Bertz CT molecular complexity index is 177. The molecule has 0 aliphatic heterocycles. The van der Waals surface area contributed by atoms with Gasteiger partial charge in [-0.25, -0.2) is 0 Å². The van der Waals surface area contributed by atoms with E-state index >= 15 is 0 Å². The zero-order valence-corrected chi connectivity index (χ0v) is 11.0. The molecule has 1 aliphatic rings. The van der Waals surface area contributed by atoms with Crippen molar-refractivity contribution < 1.29 is 9.90 Å². The summed E-state index contributed by atoms with van der Waals surface area (Å²) >= 11 is 0. The molecular weight excluding hydrogens is 202 g/mol. The fourth-order valence-electron chi connectivity index (χ4n) is 2.34. The van der Waals surface area contributed by atoms with Crippen LogP contribution in [-0.2, 0) is 4.79 Å². The number of rotatable bonds is 5. The van der Waals surface area contributed by atoms with Gasteiger partial charge in [0.25, 0.3) is 0 Å². The molecule has 1 rings (SSSR count). The topological polar surface area (TPSA) is 49.3 Å². The van der Waals surface area contributed by atoms with Crippen LogP contribution in [0.15, 0.2) is 0 Å². The Balaban J connectivity index is 0.00000106. The van der Waals surface area contributed by atoms with Gasteiger partial charge in [0.1, 0.15) is 0 Å². The first-order valence-electron chi connectivity index (χ1n) is 6.61. The standard InChI is InChI=1S/C11H21NO2.C2H6/c1-12-10(8-11(13)14)7-9-5-3-2-4-6-9;1-2/h9-10,12H,2-8H2,1H3,(H,13,14);1-2H3. The number of hydrogen-bond donors (Lipinski definition) is 2. The van der Waals surface area contributed by atoms with E-state index in [1.807, 2.05) is 20.9 Å². The number of carboxylic acids is 1. The molecule has 0 heterocycles. The number of nitrogens with one attached hydrogen (secondary N) is 1. The molecule has 0 radical (unpaired) electrons. The summed E-state index contributed by atoms with van der Waals surface area (Å²) in [5.74, 6) is 0.0562. The Morgan fingerprint density at radius 3 is 2.31 bits per heavy atom. The van der Waals surface area contributed by atoms with Crippen LogP contribution in [0.4, 0.5) is 0 Å². The lowest BCUT2D eigenvalue weighted by atomic mass is 9.84. The van der Waals surface area contributed by atoms with Crippen LogP contribution in [0, 0.1) is 5.92 Å². The summed E-state index contributed by atoms with van der Waals surface area (Å²) in [5.41, 5.74) is 0. The minimum atomic E-state index is -0.694. The number of carboxylic acid groups (broad SMARTS) is 1. The Labute approximate surface area is 99.6 Å². The van der Waals surface area contributed by atoms with Gasteiger partial charge in [0.05, 0.1) is 6.42 Å². The molecule has 2 N–H and O–H groups in total. The summed E-state index contributed by atoms with van der Waals surface area (Å²) < 4.78 is 0. The minimum absolute atomic E-state index is 0.163. The van der Waals surface area contributed by atoms with Crippen LogP contribution in [0.2, 0.25) is 0 Å². The highest BCUT2D eigenvalue weighted by Crippen LogP contribution is 2.27. The third-order valence-corrected chi connectivity index (χ3v) is 3.17. The van der Waals surface area contributed by atoms with Crippen molar-refractivity contribution in [1.82, 2.24) is 5.32 Å². The van der Waals surface area contributed by atoms with Crippen molar-refractivity contribution in [3.05, 3.63) is 0 Å². The van der Waals surface area contributed by atoms with Crippen LogP contribution in [0.3, 0.4) is 0 Å². The number of aliphatic carboxylic acids is 1. The second-order valence-corrected chi connectivity index (χ2v) is 4.32. The molecule has 1 unspecified atom stereocenters. The van der Waals surface area contributed by atoms with Crippen molar-refractivity contribution in [3.63, 3.8) is 0 Å².